The largest absolute Gasteiger partial charge is 0.352 e. The number of anilines is 1. The van der Waals surface area contributed by atoms with E-state index in [1.165, 1.54) is 12.1 Å². The van der Waals surface area contributed by atoms with Gasteiger partial charge >= 0.3 is 0 Å². The minimum Gasteiger partial charge on any atom is -0.352 e. The highest BCUT2D eigenvalue weighted by Gasteiger charge is 2.12. The van der Waals surface area contributed by atoms with Crippen LogP contribution in [-0.4, -0.2) is 36.9 Å². The Morgan fingerprint density at radius 1 is 1.12 bits per heavy atom. The Labute approximate surface area is 151 Å². The predicted octanol–water partition coefficient (Wildman–Crippen LogP) is 2.79. The van der Waals surface area contributed by atoms with Crippen molar-refractivity contribution in [1.82, 2.24) is 10.2 Å². The van der Waals surface area contributed by atoms with Gasteiger partial charge in [-0.2, -0.15) is 0 Å². The van der Waals surface area contributed by atoms with Crippen molar-refractivity contribution in [1.29, 1.82) is 0 Å². The van der Waals surface area contributed by atoms with Crippen molar-refractivity contribution in [3.63, 3.8) is 0 Å². The van der Waals surface area contributed by atoms with Crippen molar-refractivity contribution >= 4 is 17.5 Å². The van der Waals surface area contributed by atoms with Crippen molar-refractivity contribution in [3.8, 4) is 0 Å². The van der Waals surface area contributed by atoms with Crippen molar-refractivity contribution < 1.29 is 18.4 Å². The first-order chi connectivity index (χ1) is 12.4. The Morgan fingerprint density at radius 3 is 2.58 bits per heavy atom. The van der Waals surface area contributed by atoms with Gasteiger partial charge in [-0.05, 0) is 38.2 Å². The van der Waals surface area contributed by atoms with Gasteiger partial charge in [0.05, 0.1) is 6.54 Å². The van der Waals surface area contributed by atoms with Crippen LogP contribution in [0.5, 0.6) is 0 Å². The average molecular weight is 361 g/mol. The van der Waals surface area contributed by atoms with E-state index < -0.39 is 11.6 Å². The molecule has 0 radical (unpaired) electrons. The van der Waals surface area contributed by atoms with Crippen molar-refractivity contribution in [2.24, 2.45) is 0 Å². The number of rotatable bonds is 7. The Kier molecular flexibility index (Phi) is 6.80. The number of hydrogen-bond acceptors (Lipinski definition) is 3. The smallest absolute Gasteiger partial charge is 0.251 e. The highest BCUT2D eigenvalue weighted by atomic mass is 19.1. The summed E-state index contributed by atoms with van der Waals surface area (Å²) >= 11 is 0. The average Bonchev–Trinajstić information content (AvgIpc) is 2.57. The monoisotopic (exact) mass is 361 g/mol. The highest BCUT2D eigenvalue weighted by molar-refractivity contribution is 5.97. The van der Waals surface area contributed by atoms with Gasteiger partial charge in [0.1, 0.15) is 11.6 Å². The molecule has 2 amide bonds. The molecule has 0 fully saturated rings. The Bertz CT molecular complexity index is 796. The maximum absolute atomic E-state index is 13.7. The quantitative estimate of drug-likeness (QED) is 0.797. The fourth-order valence-corrected chi connectivity index (χ4v) is 2.44. The van der Waals surface area contributed by atoms with Gasteiger partial charge in [0.15, 0.2) is 0 Å². The minimum absolute atomic E-state index is 0.0161. The van der Waals surface area contributed by atoms with E-state index in [2.05, 4.69) is 10.6 Å². The summed E-state index contributed by atoms with van der Waals surface area (Å²) in [5, 5.41) is 5.39. The van der Waals surface area contributed by atoms with Crippen LogP contribution in [0.25, 0.3) is 0 Å². The second kappa shape index (κ2) is 9.05. The lowest BCUT2D eigenvalue weighted by Crippen LogP contribution is -2.30. The lowest BCUT2D eigenvalue weighted by Gasteiger charge is -2.17. The summed E-state index contributed by atoms with van der Waals surface area (Å²) in [7, 11) is 1.66. The predicted molar refractivity (Wildman–Crippen MR) is 95.8 cm³/mol. The van der Waals surface area contributed by atoms with Crippen molar-refractivity contribution in [2.75, 3.05) is 25.5 Å². The molecule has 2 aromatic rings. The molecule has 138 valence electrons. The number of hydrogen-bond donors (Lipinski definition) is 2. The molecule has 0 spiro atoms. The number of carbonyl (C=O) groups is 2. The molecule has 0 bridgehead atoms. The number of likely N-dealkylation sites (N-methyl/N-ethyl adjacent to an activating group) is 1. The molecule has 0 aliphatic rings. The van der Waals surface area contributed by atoms with Gasteiger partial charge in [-0.1, -0.05) is 12.1 Å². The molecule has 0 heterocycles. The normalized spacial score (nSPS) is 10.7. The van der Waals surface area contributed by atoms with Gasteiger partial charge in [-0.3, -0.25) is 14.5 Å². The van der Waals surface area contributed by atoms with Crippen LogP contribution in [0, 0.1) is 11.6 Å². The summed E-state index contributed by atoms with van der Waals surface area (Å²) in [6, 6.07) is 9.95. The fourth-order valence-electron chi connectivity index (χ4n) is 2.44. The van der Waals surface area contributed by atoms with Crippen LogP contribution in [0.1, 0.15) is 22.8 Å². The van der Waals surface area contributed by atoms with E-state index in [1.807, 2.05) is 6.92 Å². The highest BCUT2D eigenvalue weighted by Crippen LogP contribution is 2.13. The molecule has 5 nitrogen and oxygen atoms in total. The maximum atomic E-state index is 13.7. The first-order valence-corrected chi connectivity index (χ1v) is 8.19. The Morgan fingerprint density at radius 2 is 1.88 bits per heavy atom. The van der Waals surface area contributed by atoms with Crippen molar-refractivity contribution in [2.45, 2.75) is 13.5 Å². The number of nitrogens with zero attached hydrogens (tertiary/aromatic N) is 1. The maximum Gasteiger partial charge on any atom is 0.251 e. The summed E-state index contributed by atoms with van der Waals surface area (Å²) < 4.78 is 26.6. The third kappa shape index (κ3) is 5.63. The van der Waals surface area contributed by atoms with Crippen LogP contribution in [0.2, 0.25) is 0 Å². The zero-order valence-corrected chi connectivity index (χ0v) is 14.7. The lowest BCUT2D eigenvalue weighted by molar-refractivity contribution is -0.117. The van der Waals surface area contributed by atoms with Gasteiger partial charge < -0.3 is 10.6 Å². The molecular formula is C19H21F2N3O2. The van der Waals surface area contributed by atoms with Crippen LogP contribution >= 0.6 is 0 Å². The van der Waals surface area contributed by atoms with E-state index in [9.17, 15) is 18.4 Å². The summed E-state index contributed by atoms with van der Waals surface area (Å²) in [5.74, 6) is -1.80. The second-order valence-electron chi connectivity index (χ2n) is 5.90. The van der Waals surface area contributed by atoms with Crippen LogP contribution in [0.4, 0.5) is 14.5 Å². The fraction of sp³-hybridized carbons (Fsp3) is 0.263. The van der Waals surface area contributed by atoms with Gasteiger partial charge in [0.25, 0.3) is 5.91 Å². The zero-order chi connectivity index (χ0) is 19.1. The molecular weight excluding hydrogens is 340 g/mol. The zero-order valence-electron chi connectivity index (χ0n) is 14.7. The lowest BCUT2D eigenvalue weighted by atomic mass is 10.2. The van der Waals surface area contributed by atoms with Crippen molar-refractivity contribution in [3.05, 3.63) is 65.2 Å². The SMILES string of the molecule is CCNC(=O)c1cccc(NC(=O)CN(C)Cc2ccc(F)cc2F)c1. The van der Waals surface area contributed by atoms with E-state index in [0.717, 1.165) is 6.07 Å². The van der Waals surface area contributed by atoms with E-state index in [0.29, 0.717) is 23.4 Å². The van der Waals surface area contributed by atoms with Crippen LogP contribution in [0.3, 0.4) is 0 Å². The van der Waals surface area contributed by atoms with E-state index in [1.54, 1.807) is 36.2 Å². The molecule has 2 aromatic carbocycles. The van der Waals surface area contributed by atoms with E-state index in [4.69, 9.17) is 0 Å². The minimum atomic E-state index is -0.646. The Balaban J connectivity index is 1.93. The third-order valence-corrected chi connectivity index (χ3v) is 3.61. The number of halogens is 2. The molecule has 26 heavy (non-hydrogen) atoms. The molecule has 0 aliphatic heterocycles. The molecule has 0 aliphatic carbocycles. The first-order valence-electron chi connectivity index (χ1n) is 8.19. The molecule has 2 N–H and O–H groups in total. The van der Waals surface area contributed by atoms with Crippen LogP contribution in [-0.2, 0) is 11.3 Å². The molecule has 2 rings (SSSR count). The van der Waals surface area contributed by atoms with E-state index >= 15 is 0 Å². The van der Waals surface area contributed by atoms with Crippen LogP contribution in [0.15, 0.2) is 42.5 Å². The molecule has 0 aromatic heterocycles. The Hall–Kier alpha value is -2.80. The van der Waals surface area contributed by atoms with Gasteiger partial charge in [-0.25, -0.2) is 8.78 Å². The molecule has 0 atom stereocenters. The number of nitrogens with one attached hydrogen (secondary N) is 2. The first kappa shape index (κ1) is 19.5. The molecule has 0 saturated carbocycles. The standard InChI is InChI=1S/C19H21F2N3O2/c1-3-22-19(26)13-5-4-6-16(9-13)23-18(25)12-24(2)11-14-7-8-15(20)10-17(14)21/h4-10H,3,11-12H2,1-2H3,(H,22,26)(H,23,25). The third-order valence-electron chi connectivity index (χ3n) is 3.61. The summed E-state index contributed by atoms with van der Waals surface area (Å²) in [5.41, 5.74) is 1.26. The summed E-state index contributed by atoms with van der Waals surface area (Å²) in [6.45, 7) is 2.52. The number of carbonyl (C=O) groups excluding carboxylic acids is 2. The number of benzene rings is 2. The summed E-state index contributed by atoms with van der Waals surface area (Å²) in [4.78, 5) is 25.6. The number of amides is 2. The molecule has 0 saturated heterocycles. The van der Waals surface area contributed by atoms with Gasteiger partial charge in [0, 0.05) is 36.0 Å². The topological polar surface area (TPSA) is 61.4 Å². The van der Waals surface area contributed by atoms with Gasteiger partial charge in [0.2, 0.25) is 5.91 Å². The molecule has 0 unspecified atom stereocenters. The second-order valence-corrected chi connectivity index (χ2v) is 5.90. The summed E-state index contributed by atoms with van der Waals surface area (Å²) in [6.07, 6.45) is 0. The molecule has 7 heteroatoms. The van der Waals surface area contributed by atoms with E-state index in [-0.39, 0.29) is 24.9 Å². The van der Waals surface area contributed by atoms with Gasteiger partial charge in [-0.15, -0.1) is 0 Å². The van der Waals surface area contributed by atoms with Crippen LogP contribution < -0.4 is 10.6 Å².